The van der Waals surface area contributed by atoms with Crippen molar-refractivity contribution in [3.63, 3.8) is 0 Å². The molecular weight excluding hydrogens is 276 g/mol. The molecule has 0 unspecified atom stereocenters. The summed E-state index contributed by atoms with van der Waals surface area (Å²) >= 11 is 0. The lowest BCUT2D eigenvalue weighted by Crippen LogP contribution is -2.36. The molecule has 0 radical (unpaired) electrons. The zero-order valence-corrected chi connectivity index (χ0v) is 12.5. The molecule has 0 aromatic heterocycles. The summed E-state index contributed by atoms with van der Waals surface area (Å²) in [4.78, 5) is 16.3. The Morgan fingerprint density at radius 3 is 1.73 bits per heavy atom. The largest absolute Gasteiger partial charge is 0.369 e. The first-order valence-electron chi connectivity index (χ1n) is 7.11. The van der Waals surface area contributed by atoms with Crippen LogP contribution in [0.4, 0.5) is 0 Å². The number of hydrogen-bond acceptors (Lipinski definition) is 2. The van der Waals surface area contributed by atoms with Gasteiger partial charge in [0.2, 0.25) is 0 Å². The summed E-state index contributed by atoms with van der Waals surface area (Å²) in [6, 6.07) is 18.6. The third-order valence-electron chi connectivity index (χ3n) is 3.97. The molecule has 4 nitrogen and oxygen atoms in total. The summed E-state index contributed by atoms with van der Waals surface area (Å²) in [6.07, 6.45) is 0. The van der Waals surface area contributed by atoms with Crippen LogP contribution in [0.5, 0.6) is 0 Å². The predicted octanol–water partition coefficient (Wildman–Crippen LogP) is 2.98. The summed E-state index contributed by atoms with van der Waals surface area (Å²) < 4.78 is 6.18. The Morgan fingerprint density at radius 1 is 0.909 bits per heavy atom. The van der Waals surface area contributed by atoms with Crippen molar-refractivity contribution < 1.29 is 14.3 Å². The molecular formula is C18H16N2O2. The molecule has 1 heterocycles. The van der Waals surface area contributed by atoms with Gasteiger partial charge < -0.3 is 10.3 Å². The van der Waals surface area contributed by atoms with E-state index in [0.29, 0.717) is 0 Å². The van der Waals surface area contributed by atoms with Crippen molar-refractivity contribution in [1.29, 1.82) is 0 Å². The highest BCUT2D eigenvalue weighted by molar-refractivity contribution is 6.45. The zero-order chi connectivity index (χ0) is 15.8. The maximum atomic E-state index is 13.1. The molecule has 3 rings (SSSR count). The molecule has 0 saturated carbocycles. The van der Waals surface area contributed by atoms with Crippen LogP contribution in [0, 0.1) is 0 Å². The summed E-state index contributed by atoms with van der Waals surface area (Å²) in [5.74, 6) is -0.336. The van der Waals surface area contributed by atoms with Gasteiger partial charge in [0.05, 0.1) is 0 Å². The normalized spacial score (nSPS) is 19.0. The van der Waals surface area contributed by atoms with Crippen molar-refractivity contribution in [3.05, 3.63) is 77.3 Å². The fourth-order valence-electron chi connectivity index (χ4n) is 2.98. The average Bonchev–Trinajstić information content (AvgIpc) is 2.75. The Hall–Kier alpha value is -2.55. The van der Waals surface area contributed by atoms with Gasteiger partial charge in [-0.2, -0.15) is 4.79 Å². The second-order valence-corrected chi connectivity index (χ2v) is 5.80. The van der Waals surface area contributed by atoms with Crippen LogP contribution in [0.25, 0.3) is 5.53 Å². The third kappa shape index (κ3) is 1.93. The van der Waals surface area contributed by atoms with Crippen LogP contribution in [0.1, 0.15) is 25.0 Å². The SMILES string of the molecule is CC1(C)OC(c2ccccc2)(c2ccccc2)C(=O)C1=[N+]=[N-]. The fourth-order valence-corrected chi connectivity index (χ4v) is 2.98. The average molecular weight is 292 g/mol. The van der Waals surface area contributed by atoms with Gasteiger partial charge in [0.25, 0.3) is 5.78 Å². The van der Waals surface area contributed by atoms with E-state index in [1.807, 2.05) is 60.7 Å². The number of Topliss-reactive ketones (excluding diaryl/α,β-unsaturated/α-hetero) is 1. The van der Waals surface area contributed by atoms with E-state index in [0.717, 1.165) is 11.1 Å². The Labute approximate surface area is 129 Å². The summed E-state index contributed by atoms with van der Waals surface area (Å²) in [6.45, 7) is 3.46. The van der Waals surface area contributed by atoms with E-state index in [2.05, 4.69) is 4.79 Å². The highest BCUT2D eigenvalue weighted by Crippen LogP contribution is 2.44. The van der Waals surface area contributed by atoms with Gasteiger partial charge in [-0.3, -0.25) is 4.79 Å². The van der Waals surface area contributed by atoms with Gasteiger partial charge in [-0.1, -0.05) is 60.7 Å². The fraction of sp³-hybridized carbons (Fsp3) is 0.222. The molecule has 2 aromatic carbocycles. The Balaban J connectivity index is 2.32. The monoisotopic (exact) mass is 292 g/mol. The molecule has 0 amide bonds. The molecule has 0 N–H and O–H groups in total. The maximum absolute atomic E-state index is 13.1. The molecule has 1 fully saturated rings. The number of nitrogens with zero attached hydrogens (tertiary/aromatic N) is 2. The summed E-state index contributed by atoms with van der Waals surface area (Å²) in [5, 5.41) is 0. The number of carbonyl (C=O) groups is 1. The molecule has 1 aliphatic heterocycles. The molecule has 0 atom stereocenters. The smallest absolute Gasteiger partial charge is 0.361 e. The Kier molecular flexibility index (Phi) is 3.28. The van der Waals surface area contributed by atoms with E-state index in [1.54, 1.807) is 13.8 Å². The molecule has 4 heteroatoms. The van der Waals surface area contributed by atoms with E-state index in [9.17, 15) is 10.3 Å². The standard InChI is InChI=1S/C18H16N2O2/c1-17(2)15(20-19)16(21)18(22-17,13-9-5-3-6-10-13)14-11-7-4-8-12-14/h3-12H,1-2H3. The molecule has 110 valence electrons. The van der Waals surface area contributed by atoms with Crippen molar-refractivity contribution >= 4 is 11.5 Å². The predicted molar refractivity (Wildman–Crippen MR) is 82.5 cm³/mol. The number of benzene rings is 2. The molecule has 0 spiro atoms. The first kappa shape index (κ1) is 14.4. The van der Waals surface area contributed by atoms with Gasteiger partial charge in [0.1, 0.15) is 0 Å². The van der Waals surface area contributed by atoms with Crippen LogP contribution in [0.2, 0.25) is 0 Å². The van der Waals surface area contributed by atoms with Crippen LogP contribution in [-0.4, -0.2) is 21.9 Å². The van der Waals surface area contributed by atoms with E-state index >= 15 is 0 Å². The zero-order valence-electron chi connectivity index (χ0n) is 12.5. The maximum Gasteiger partial charge on any atom is 0.369 e. The number of ketones is 1. The highest BCUT2D eigenvalue weighted by atomic mass is 16.5. The number of rotatable bonds is 2. The van der Waals surface area contributed by atoms with Gasteiger partial charge >= 0.3 is 5.71 Å². The Morgan fingerprint density at radius 2 is 1.36 bits per heavy atom. The van der Waals surface area contributed by atoms with Gasteiger partial charge in [0.15, 0.2) is 11.2 Å². The van der Waals surface area contributed by atoms with Gasteiger partial charge in [0, 0.05) is 0 Å². The van der Waals surface area contributed by atoms with Gasteiger partial charge in [-0.25, -0.2) is 0 Å². The molecule has 0 bridgehead atoms. The second-order valence-electron chi connectivity index (χ2n) is 5.80. The van der Waals surface area contributed by atoms with Crippen LogP contribution in [-0.2, 0) is 15.1 Å². The minimum atomic E-state index is -1.28. The minimum absolute atomic E-state index is 0.0280. The van der Waals surface area contributed by atoms with Crippen molar-refractivity contribution in [2.45, 2.75) is 25.0 Å². The van der Waals surface area contributed by atoms with Crippen molar-refractivity contribution in [3.8, 4) is 0 Å². The highest BCUT2D eigenvalue weighted by Gasteiger charge is 2.63. The van der Waals surface area contributed by atoms with Crippen LogP contribution in [0.3, 0.4) is 0 Å². The second kappa shape index (κ2) is 5.02. The van der Waals surface area contributed by atoms with E-state index in [1.165, 1.54) is 0 Å². The van der Waals surface area contributed by atoms with Crippen LogP contribution < -0.4 is 0 Å². The first-order valence-corrected chi connectivity index (χ1v) is 7.11. The van der Waals surface area contributed by atoms with Crippen molar-refractivity contribution in [1.82, 2.24) is 0 Å². The number of ether oxygens (including phenoxy) is 1. The van der Waals surface area contributed by atoms with Crippen LogP contribution in [0.15, 0.2) is 60.7 Å². The molecule has 2 aromatic rings. The van der Waals surface area contributed by atoms with Gasteiger partial charge in [-0.15, -0.1) is 0 Å². The van der Waals surface area contributed by atoms with E-state index < -0.39 is 11.2 Å². The topological polar surface area (TPSA) is 62.7 Å². The lowest BCUT2D eigenvalue weighted by atomic mass is 9.82. The minimum Gasteiger partial charge on any atom is -0.361 e. The number of carbonyl (C=O) groups excluding carboxylic acids is 1. The molecule has 0 aliphatic carbocycles. The number of hydrogen-bond donors (Lipinski definition) is 0. The lowest BCUT2D eigenvalue weighted by Gasteiger charge is -2.29. The van der Waals surface area contributed by atoms with Crippen LogP contribution >= 0.6 is 0 Å². The molecule has 1 aliphatic rings. The summed E-state index contributed by atoms with van der Waals surface area (Å²) in [7, 11) is 0. The quantitative estimate of drug-likeness (QED) is 0.631. The van der Waals surface area contributed by atoms with Crippen molar-refractivity contribution in [2.24, 2.45) is 0 Å². The lowest BCUT2D eigenvalue weighted by molar-refractivity contribution is -0.132. The third-order valence-corrected chi connectivity index (χ3v) is 3.97. The van der Waals surface area contributed by atoms with Gasteiger partial charge in [-0.05, 0) is 25.0 Å². The van der Waals surface area contributed by atoms with E-state index in [4.69, 9.17) is 4.74 Å². The Bertz CT molecular complexity index is 721. The van der Waals surface area contributed by atoms with Crippen molar-refractivity contribution in [2.75, 3.05) is 0 Å². The molecule has 1 saturated heterocycles. The first-order chi connectivity index (χ1) is 10.5. The summed E-state index contributed by atoms with van der Waals surface area (Å²) in [5.41, 5.74) is 8.49. The molecule has 22 heavy (non-hydrogen) atoms. The van der Waals surface area contributed by atoms with E-state index in [-0.39, 0.29) is 11.5 Å².